The van der Waals surface area contributed by atoms with Crippen LogP contribution in [0.5, 0.6) is 0 Å². The summed E-state index contributed by atoms with van der Waals surface area (Å²) in [5.41, 5.74) is 6.90. The normalized spacial score (nSPS) is 10.9. The zero-order valence-electron chi connectivity index (χ0n) is 20.3. The Morgan fingerprint density at radius 2 is 1.71 bits per heavy atom. The van der Waals surface area contributed by atoms with E-state index >= 15 is 0 Å². The Hall–Kier alpha value is -3.23. The molecule has 0 fully saturated rings. The number of aromatic amines is 1. The highest BCUT2D eigenvalue weighted by Gasteiger charge is 2.20. The minimum Gasteiger partial charge on any atom is -0.316 e. The smallest absolute Gasteiger partial charge is 0.316 e. The average Bonchev–Trinajstić information content (AvgIpc) is 3.31. The molecule has 0 spiro atoms. The summed E-state index contributed by atoms with van der Waals surface area (Å²) in [5, 5.41) is 11.2. The summed E-state index contributed by atoms with van der Waals surface area (Å²) in [6.45, 7) is 4.91. The van der Waals surface area contributed by atoms with E-state index in [9.17, 15) is 4.79 Å². The number of H-pyrrole nitrogens is 1. The van der Waals surface area contributed by atoms with Crippen LogP contribution in [-0.4, -0.2) is 38.6 Å². The number of aromatic nitrogens is 3. The van der Waals surface area contributed by atoms with Crippen LogP contribution in [0, 0.1) is 13.8 Å². The molecule has 0 bridgehead atoms. The van der Waals surface area contributed by atoms with E-state index in [-0.39, 0.29) is 6.03 Å². The Morgan fingerprint density at radius 1 is 0.971 bits per heavy atom. The number of hydrogen-bond donors (Lipinski definition) is 2. The minimum absolute atomic E-state index is 0.157. The van der Waals surface area contributed by atoms with Crippen molar-refractivity contribution in [2.45, 2.75) is 36.9 Å². The summed E-state index contributed by atoms with van der Waals surface area (Å²) in [5.74, 6) is 0. The highest BCUT2D eigenvalue weighted by Crippen LogP contribution is 2.34. The van der Waals surface area contributed by atoms with Crippen LogP contribution in [0.1, 0.15) is 22.5 Å². The van der Waals surface area contributed by atoms with Gasteiger partial charge in [-0.1, -0.05) is 48.5 Å². The number of carbonyl (C=O) groups is 1. The van der Waals surface area contributed by atoms with Gasteiger partial charge in [-0.3, -0.25) is 5.10 Å². The van der Waals surface area contributed by atoms with Crippen LogP contribution in [-0.2, 0) is 13.1 Å². The fourth-order valence-electron chi connectivity index (χ4n) is 3.94. The zero-order chi connectivity index (χ0) is 24.8. The van der Waals surface area contributed by atoms with Crippen LogP contribution >= 0.6 is 23.5 Å². The highest BCUT2D eigenvalue weighted by molar-refractivity contribution is 7.99. The van der Waals surface area contributed by atoms with Crippen molar-refractivity contribution in [3.63, 3.8) is 0 Å². The lowest BCUT2D eigenvalue weighted by Crippen LogP contribution is -2.34. The zero-order valence-corrected chi connectivity index (χ0v) is 22.0. The second-order valence-electron chi connectivity index (χ2n) is 8.21. The molecule has 0 radical (unpaired) electrons. The molecule has 2 aromatic heterocycles. The Kier molecular flexibility index (Phi) is 8.15. The van der Waals surface area contributed by atoms with Crippen molar-refractivity contribution in [2.24, 2.45) is 0 Å². The van der Waals surface area contributed by atoms with Crippen LogP contribution in [0.3, 0.4) is 0 Å². The van der Waals surface area contributed by atoms with Crippen molar-refractivity contribution in [2.75, 3.05) is 17.8 Å². The number of carbonyl (C=O) groups excluding carboxylic acids is 1. The molecule has 0 saturated carbocycles. The summed E-state index contributed by atoms with van der Waals surface area (Å²) in [4.78, 5) is 21.1. The van der Waals surface area contributed by atoms with Crippen LogP contribution in [0.15, 0.2) is 76.8 Å². The molecular formula is C27H29N5OS2. The van der Waals surface area contributed by atoms with Crippen molar-refractivity contribution in [1.82, 2.24) is 20.1 Å². The Balaban J connectivity index is 1.64. The molecule has 2 heterocycles. The number of nitrogens with zero attached hydrogens (tertiary/aromatic N) is 3. The predicted octanol–water partition coefficient (Wildman–Crippen LogP) is 6.77. The Labute approximate surface area is 214 Å². The summed E-state index contributed by atoms with van der Waals surface area (Å²) in [7, 11) is 0. The van der Waals surface area contributed by atoms with Gasteiger partial charge in [0.15, 0.2) is 0 Å². The molecule has 0 saturated heterocycles. The highest BCUT2D eigenvalue weighted by atomic mass is 32.2. The molecule has 0 unspecified atom stereocenters. The third kappa shape index (κ3) is 6.07. The molecule has 0 aliphatic carbocycles. The van der Waals surface area contributed by atoms with Crippen LogP contribution < -0.4 is 5.32 Å². The Bertz CT molecular complexity index is 1280. The molecule has 0 aliphatic heterocycles. The van der Waals surface area contributed by atoms with Gasteiger partial charge in [-0.25, -0.2) is 9.78 Å². The second-order valence-corrected chi connectivity index (χ2v) is 9.85. The number of amides is 2. The van der Waals surface area contributed by atoms with E-state index < -0.39 is 0 Å². The first-order chi connectivity index (χ1) is 17.0. The molecule has 4 aromatic rings. The number of nitrogens with one attached hydrogen (secondary N) is 2. The predicted molar refractivity (Wildman–Crippen MR) is 146 cm³/mol. The number of hydrogen-bond acceptors (Lipinski definition) is 5. The van der Waals surface area contributed by atoms with Gasteiger partial charge in [-0.2, -0.15) is 5.10 Å². The van der Waals surface area contributed by atoms with E-state index in [1.54, 1.807) is 11.8 Å². The topological polar surface area (TPSA) is 73.9 Å². The van der Waals surface area contributed by atoms with E-state index in [0.29, 0.717) is 13.1 Å². The third-order valence-corrected chi connectivity index (χ3v) is 7.11. The fourth-order valence-corrected chi connectivity index (χ4v) is 5.24. The molecule has 2 aromatic carbocycles. The molecule has 6 nitrogen and oxygen atoms in total. The second kappa shape index (κ2) is 11.5. The first-order valence-corrected chi connectivity index (χ1v) is 13.7. The van der Waals surface area contributed by atoms with Crippen LogP contribution in [0.4, 0.5) is 10.5 Å². The number of urea groups is 1. The van der Waals surface area contributed by atoms with Crippen molar-refractivity contribution < 1.29 is 4.79 Å². The van der Waals surface area contributed by atoms with E-state index in [2.05, 4.69) is 38.7 Å². The van der Waals surface area contributed by atoms with Gasteiger partial charge < -0.3 is 10.2 Å². The van der Waals surface area contributed by atoms with Gasteiger partial charge in [0.05, 0.1) is 11.4 Å². The van der Waals surface area contributed by atoms with Gasteiger partial charge in [0, 0.05) is 35.4 Å². The van der Waals surface area contributed by atoms with Gasteiger partial charge in [0.25, 0.3) is 0 Å². The molecule has 0 aliphatic rings. The first-order valence-electron chi connectivity index (χ1n) is 11.3. The summed E-state index contributed by atoms with van der Waals surface area (Å²) < 4.78 is 0. The molecular weight excluding hydrogens is 474 g/mol. The molecule has 2 amide bonds. The summed E-state index contributed by atoms with van der Waals surface area (Å²) >= 11 is 3.14. The SMILES string of the molecule is CSc1cc(C)nc(SC)c1NC(=O)N(Cc1ccccc1)Cc1cccc(-c2c[nH]nc2C)c1. The lowest BCUT2D eigenvalue weighted by Gasteiger charge is -2.25. The first kappa shape index (κ1) is 24.9. The molecule has 8 heteroatoms. The quantitative estimate of drug-likeness (QED) is 0.260. The number of aryl methyl sites for hydroxylation is 2. The molecule has 180 valence electrons. The van der Waals surface area contributed by atoms with Gasteiger partial charge in [0.1, 0.15) is 5.03 Å². The van der Waals surface area contributed by atoms with Crippen molar-refractivity contribution >= 4 is 35.2 Å². The maximum absolute atomic E-state index is 13.7. The van der Waals surface area contributed by atoms with E-state index in [4.69, 9.17) is 0 Å². The monoisotopic (exact) mass is 503 g/mol. The summed E-state index contributed by atoms with van der Waals surface area (Å²) in [6, 6.07) is 20.2. The number of benzene rings is 2. The number of pyridine rings is 1. The third-order valence-electron chi connectivity index (χ3n) is 5.67. The Morgan fingerprint density at radius 3 is 2.40 bits per heavy atom. The number of anilines is 1. The van der Waals surface area contributed by atoms with Crippen molar-refractivity contribution in [3.8, 4) is 11.1 Å². The largest absolute Gasteiger partial charge is 0.322 e. The lowest BCUT2D eigenvalue weighted by atomic mass is 10.0. The van der Waals surface area contributed by atoms with Crippen LogP contribution in [0.25, 0.3) is 11.1 Å². The number of rotatable bonds is 8. The fraction of sp³-hybridized carbons (Fsp3) is 0.222. The van der Waals surface area contributed by atoms with Gasteiger partial charge in [-0.15, -0.1) is 23.5 Å². The van der Waals surface area contributed by atoms with Gasteiger partial charge in [-0.05, 0) is 55.2 Å². The lowest BCUT2D eigenvalue weighted by molar-refractivity contribution is 0.206. The molecule has 35 heavy (non-hydrogen) atoms. The standard InChI is InChI=1S/C27H29N5OS2/c1-18-13-24(34-3)25(26(29-18)35-4)30-27(33)32(16-20-9-6-5-7-10-20)17-21-11-8-12-22(14-21)23-15-28-31-19(23)2/h5-15H,16-17H2,1-4H3,(H,28,31)(H,30,33). The van der Waals surface area contributed by atoms with E-state index in [0.717, 1.165) is 49.3 Å². The summed E-state index contributed by atoms with van der Waals surface area (Å²) in [6.07, 6.45) is 5.90. The van der Waals surface area contributed by atoms with E-state index in [1.807, 2.05) is 79.9 Å². The van der Waals surface area contributed by atoms with Crippen molar-refractivity contribution in [3.05, 3.63) is 89.4 Å². The maximum Gasteiger partial charge on any atom is 0.322 e. The minimum atomic E-state index is -0.157. The van der Waals surface area contributed by atoms with Gasteiger partial charge in [0.2, 0.25) is 0 Å². The molecule has 0 atom stereocenters. The molecule has 4 rings (SSSR count). The van der Waals surface area contributed by atoms with Crippen molar-refractivity contribution in [1.29, 1.82) is 0 Å². The van der Waals surface area contributed by atoms with Crippen LogP contribution in [0.2, 0.25) is 0 Å². The molecule has 2 N–H and O–H groups in total. The number of thioether (sulfide) groups is 2. The van der Waals surface area contributed by atoms with Gasteiger partial charge >= 0.3 is 6.03 Å². The maximum atomic E-state index is 13.7. The average molecular weight is 504 g/mol. The van der Waals surface area contributed by atoms with E-state index in [1.165, 1.54) is 11.8 Å².